The number of nitrogens with zero attached hydrogens (tertiary/aromatic N) is 1. The average Bonchev–Trinajstić information content (AvgIpc) is 2.92. The number of methoxy groups -OCH3 is 1. The molecule has 2 aromatic rings. The highest BCUT2D eigenvalue weighted by Gasteiger charge is 2.33. The molecule has 2 aromatic heterocycles. The summed E-state index contributed by atoms with van der Waals surface area (Å²) in [5.41, 5.74) is 2.11. The van der Waals surface area contributed by atoms with E-state index in [1.54, 1.807) is 12.3 Å². The quantitative estimate of drug-likeness (QED) is 0.752. The summed E-state index contributed by atoms with van der Waals surface area (Å²) in [4.78, 5) is 7.53. The Hall–Kier alpha value is -1.43. The van der Waals surface area contributed by atoms with Crippen molar-refractivity contribution in [3.8, 4) is 0 Å². The van der Waals surface area contributed by atoms with Crippen molar-refractivity contribution in [2.45, 2.75) is 44.0 Å². The Morgan fingerprint density at radius 3 is 2.80 bits per heavy atom. The number of aromatic amines is 1. The molecule has 1 saturated carbocycles. The molecule has 0 spiro atoms. The first-order chi connectivity index (χ1) is 9.64. The number of hydrogen-bond acceptors (Lipinski definition) is 4. The van der Waals surface area contributed by atoms with Gasteiger partial charge in [-0.1, -0.05) is 19.3 Å². The molecule has 0 amide bonds. The molecule has 5 nitrogen and oxygen atoms in total. The molecule has 20 heavy (non-hydrogen) atoms. The molecule has 1 aliphatic rings. The zero-order valence-corrected chi connectivity index (χ0v) is 11.6. The molecule has 0 radical (unpaired) electrons. The first kappa shape index (κ1) is 13.5. The van der Waals surface area contributed by atoms with Gasteiger partial charge in [-0.2, -0.15) is 0 Å². The van der Waals surface area contributed by atoms with Crippen molar-refractivity contribution < 1.29 is 14.9 Å². The maximum absolute atomic E-state index is 10.8. The van der Waals surface area contributed by atoms with Crippen molar-refractivity contribution in [3.63, 3.8) is 0 Å². The van der Waals surface area contributed by atoms with E-state index in [2.05, 4.69) is 9.97 Å². The molecular weight excluding hydrogens is 256 g/mol. The van der Waals surface area contributed by atoms with Gasteiger partial charge in [-0.3, -0.25) is 4.98 Å². The Bertz CT molecular complexity index is 602. The molecular formula is C15H20N2O3. The van der Waals surface area contributed by atoms with Gasteiger partial charge < -0.3 is 19.9 Å². The summed E-state index contributed by atoms with van der Waals surface area (Å²) in [7, 11) is 1.45. The summed E-state index contributed by atoms with van der Waals surface area (Å²) in [5, 5.41) is 20.7. The van der Waals surface area contributed by atoms with E-state index in [0.717, 1.165) is 42.4 Å². The van der Waals surface area contributed by atoms with Gasteiger partial charge in [0.1, 0.15) is 5.60 Å². The van der Waals surface area contributed by atoms with E-state index in [-0.39, 0.29) is 0 Å². The smallest absolute Gasteiger partial charge is 0.182 e. The van der Waals surface area contributed by atoms with Crippen LogP contribution in [0.2, 0.25) is 0 Å². The van der Waals surface area contributed by atoms with E-state index in [1.165, 1.54) is 13.5 Å². The van der Waals surface area contributed by atoms with Crippen LogP contribution in [0.3, 0.4) is 0 Å². The first-order valence-electron chi connectivity index (χ1n) is 7.05. The van der Waals surface area contributed by atoms with Crippen LogP contribution >= 0.6 is 0 Å². The Morgan fingerprint density at radius 1 is 1.35 bits per heavy atom. The van der Waals surface area contributed by atoms with Crippen LogP contribution in [0.25, 0.3) is 11.0 Å². The van der Waals surface area contributed by atoms with E-state index < -0.39 is 11.9 Å². The molecule has 5 heteroatoms. The summed E-state index contributed by atoms with van der Waals surface area (Å²) in [5.74, 6) is 0. The minimum atomic E-state index is -0.993. The molecule has 3 N–H and O–H groups in total. The second kappa shape index (κ2) is 5.16. The van der Waals surface area contributed by atoms with E-state index in [4.69, 9.17) is 4.74 Å². The van der Waals surface area contributed by atoms with Gasteiger partial charge in [0.25, 0.3) is 0 Å². The van der Waals surface area contributed by atoms with Gasteiger partial charge in [0.15, 0.2) is 6.29 Å². The number of rotatable bonds is 3. The number of aromatic nitrogens is 2. The summed E-state index contributed by atoms with van der Waals surface area (Å²) in [6, 6.07) is 3.61. The van der Waals surface area contributed by atoms with Crippen LogP contribution in [0.5, 0.6) is 0 Å². The Morgan fingerprint density at radius 2 is 2.10 bits per heavy atom. The molecule has 1 aliphatic carbocycles. The maximum atomic E-state index is 10.8. The van der Waals surface area contributed by atoms with Crippen LogP contribution in [0.4, 0.5) is 0 Å². The molecule has 1 atom stereocenters. The monoisotopic (exact) mass is 276 g/mol. The summed E-state index contributed by atoms with van der Waals surface area (Å²) in [6.45, 7) is 0. The Balaban J connectivity index is 2.06. The van der Waals surface area contributed by atoms with Crippen LogP contribution < -0.4 is 0 Å². The lowest BCUT2D eigenvalue weighted by molar-refractivity contribution is -0.0760. The first-order valence-corrected chi connectivity index (χ1v) is 7.05. The molecule has 108 valence electrons. The third kappa shape index (κ3) is 2.22. The van der Waals surface area contributed by atoms with Crippen LogP contribution in [0.1, 0.15) is 49.7 Å². The van der Waals surface area contributed by atoms with Crippen molar-refractivity contribution in [1.82, 2.24) is 9.97 Å². The van der Waals surface area contributed by atoms with Crippen LogP contribution in [0, 0.1) is 0 Å². The number of hydrogen-bond donors (Lipinski definition) is 3. The fourth-order valence-corrected chi connectivity index (χ4v) is 3.04. The second-order valence-electron chi connectivity index (χ2n) is 5.52. The van der Waals surface area contributed by atoms with Crippen molar-refractivity contribution in [2.75, 3.05) is 7.11 Å². The lowest BCUT2D eigenvalue weighted by atomic mass is 9.82. The maximum Gasteiger partial charge on any atom is 0.182 e. The third-order valence-electron chi connectivity index (χ3n) is 4.22. The van der Waals surface area contributed by atoms with Gasteiger partial charge in [-0.25, -0.2) is 0 Å². The van der Waals surface area contributed by atoms with Gasteiger partial charge in [0, 0.05) is 24.6 Å². The number of ether oxygens (including phenoxy) is 1. The average molecular weight is 276 g/mol. The highest BCUT2D eigenvalue weighted by atomic mass is 16.6. The molecule has 2 heterocycles. The molecule has 0 aliphatic heterocycles. The number of fused-ring (bicyclic) bond motifs is 1. The standard InChI is InChI=1S/C15H20N2O3/c1-20-14(18)10-5-8-16-11-9-12(17-13(10)11)15(19)6-3-2-4-7-15/h5,8-9,14,17-19H,2-4,6-7H2,1H3. The van der Waals surface area contributed by atoms with Crippen LogP contribution in [-0.2, 0) is 10.3 Å². The Labute approximate surface area is 117 Å². The van der Waals surface area contributed by atoms with Crippen molar-refractivity contribution in [3.05, 3.63) is 29.6 Å². The van der Waals surface area contributed by atoms with E-state index >= 15 is 0 Å². The fraction of sp³-hybridized carbons (Fsp3) is 0.533. The number of nitrogens with one attached hydrogen (secondary N) is 1. The fourth-order valence-electron chi connectivity index (χ4n) is 3.04. The van der Waals surface area contributed by atoms with Crippen molar-refractivity contribution >= 4 is 11.0 Å². The second-order valence-corrected chi connectivity index (χ2v) is 5.52. The molecule has 1 fully saturated rings. The number of aliphatic hydroxyl groups excluding tert-OH is 1. The predicted molar refractivity (Wildman–Crippen MR) is 75.0 cm³/mol. The summed E-state index contributed by atoms with van der Waals surface area (Å²) in [6.07, 6.45) is 5.42. The topological polar surface area (TPSA) is 78.4 Å². The van der Waals surface area contributed by atoms with E-state index in [9.17, 15) is 10.2 Å². The van der Waals surface area contributed by atoms with Crippen molar-refractivity contribution in [2.24, 2.45) is 0 Å². The third-order valence-corrected chi connectivity index (χ3v) is 4.22. The van der Waals surface area contributed by atoms with Crippen molar-refractivity contribution in [1.29, 1.82) is 0 Å². The summed E-state index contributed by atoms with van der Waals surface area (Å²) < 4.78 is 4.97. The molecule has 0 saturated heterocycles. The zero-order chi connectivity index (χ0) is 14.2. The summed E-state index contributed by atoms with van der Waals surface area (Å²) >= 11 is 0. The number of aliphatic hydroxyl groups is 2. The molecule has 3 rings (SSSR count). The largest absolute Gasteiger partial charge is 0.384 e. The van der Waals surface area contributed by atoms with E-state index in [1.807, 2.05) is 6.07 Å². The van der Waals surface area contributed by atoms with Gasteiger partial charge in [-0.05, 0) is 25.0 Å². The lowest BCUT2D eigenvalue weighted by Crippen LogP contribution is -2.28. The Kier molecular flexibility index (Phi) is 3.50. The highest BCUT2D eigenvalue weighted by molar-refractivity contribution is 5.80. The zero-order valence-electron chi connectivity index (χ0n) is 11.6. The molecule has 0 bridgehead atoms. The van der Waals surface area contributed by atoms with Crippen LogP contribution in [0.15, 0.2) is 18.3 Å². The normalized spacial score (nSPS) is 20.1. The lowest BCUT2D eigenvalue weighted by Gasteiger charge is -2.31. The minimum absolute atomic E-state index is 0.642. The minimum Gasteiger partial charge on any atom is -0.384 e. The molecule has 1 unspecified atom stereocenters. The van der Waals surface area contributed by atoms with Gasteiger partial charge in [0.05, 0.1) is 11.0 Å². The molecule has 0 aromatic carbocycles. The SMILES string of the molecule is COC(O)c1ccnc2cc(C3(O)CCCCC3)[nH]c12. The van der Waals surface area contributed by atoms with E-state index in [0.29, 0.717) is 5.56 Å². The van der Waals surface area contributed by atoms with Crippen LogP contribution in [-0.4, -0.2) is 27.3 Å². The predicted octanol–water partition coefficient (Wildman–Crippen LogP) is 2.35. The van der Waals surface area contributed by atoms with Gasteiger partial charge in [0.2, 0.25) is 0 Å². The number of pyridine rings is 1. The van der Waals surface area contributed by atoms with Gasteiger partial charge >= 0.3 is 0 Å². The van der Waals surface area contributed by atoms with Gasteiger partial charge in [-0.15, -0.1) is 0 Å². The number of H-pyrrole nitrogens is 1. The highest BCUT2D eigenvalue weighted by Crippen LogP contribution is 2.38.